The molecule has 1 spiro atoms. The summed E-state index contributed by atoms with van der Waals surface area (Å²) in [6.07, 6.45) is 4.33. The molecule has 0 saturated carbocycles. The third-order valence-electron chi connectivity index (χ3n) is 4.65. The molecule has 0 N–H and O–H groups in total. The first kappa shape index (κ1) is 15.3. The van der Waals surface area contributed by atoms with Crippen molar-refractivity contribution in [3.05, 3.63) is 6.33 Å². The summed E-state index contributed by atoms with van der Waals surface area (Å²) in [4.78, 5) is 28.5. The number of thioether (sulfide) groups is 1. The van der Waals surface area contributed by atoms with Crippen LogP contribution in [0.2, 0.25) is 0 Å². The number of rotatable bonds is 3. The van der Waals surface area contributed by atoms with E-state index < -0.39 is 0 Å². The van der Waals surface area contributed by atoms with E-state index in [1.165, 1.54) is 11.8 Å². The molecule has 2 amide bonds. The van der Waals surface area contributed by atoms with Crippen LogP contribution in [0, 0.1) is 5.41 Å². The van der Waals surface area contributed by atoms with Crippen molar-refractivity contribution >= 4 is 23.6 Å². The van der Waals surface area contributed by atoms with Crippen molar-refractivity contribution < 1.29 is 9.59 Å². The molecule has 2 saturated heterocycles. The zero-order chi connectivity index (χ0) is 15.7. The first-order chi connectivity index (χ1) is 10.5. The minimum Gasteiger partial charge on any atom is -0.345 e. The SMILES string of the molecule is CN1CCC[C@@]2(CCN(C(=O)CSc3nncn3C)C2)C1=O. The number of hydrogen-bond acceptors (Lipinski definition) is 5. The number of piperidine rings is 1. The van der Waals surface area contributed by atoms with Crippen LogP contribution in [-0.2, 0) is 16.6 Å². The fraction of sp³-hybridized carbons (Fsp3) is 0.714. The van der Waals surface area contributed by atoms with Gasteiger partial charge in [0.15, 0.2) is 5.16 Å². The van der Waals surface area contributed by atoms with Crippen LogP contribution in [0.1, 0.15) is 19.3 Å². The summed E-state index contributed by atoms with van der Waals surface area (Å²) in [5.41, 5.74) is -0.335. The molecule has 8 heteroatoms. The van der Waals surface area contributed by atoms with Crippen LogP contribution in [0.3, 0.4) is 0 Å². The Hall–Kier alpha value is -1.57. The van der Waals surface area contributed by atoms with Crippen molar-refractivity contribution in [2.75, 3.05) is 32.4 Å². The van der Waals surface area contributed by atoms with Crippen LogP contribution in [0.15, 0.2) is 11.5 Å². The maximum Gasteiger partial charge on any atom is 0.233 e. The van der Waals surface area contributed by atoms with Crippen LogP contribution >= 0.6 is 11.8 Å². The van der Waals surface area contributed by atoms with E-state index in [0.717, 1.165) is 31.0 Å². The lowest BCUT2D eigenvalue weighted by atomic mass is 9.78. The standard InChI is InChI=1S/C14H21N5O2S/c1-17-6-3-4-14(12(17)21)5-7-19(9-14)11(20)8-22-13-16-15-10-18(13)2/h10H,3-9H2,1-2H3/t14-/m0/s1. The van der Waals surface area contributed by atoms with E-state index in [1.807, 2.05) is 23.9 Å². The minimum absolute atomic E-state index is 0.0749. The molecule has 2 aliphatic rings. The Bertz CT molecular complexity index is 590. The maximum atomic E-state index is 12.5. The molecule has 2 fully saturated rings. The third-order valence-corrected chi connectivity index (χ3v) is 5.67. The van der Waals surface area contributed by atoms with E-state index >= 15 is 0 Å². The molecule has 0 radical (unpaired) electrons. The molecule has 22 heavy (non-hydrogen) atoms. The average Bonchev–Trinajstić information content (AvgIpc) is 3.10. The molecule has 1 aromatic heterocycles. The second kappa shape index (κ2) is 5.91. The molecule has 2 aliphatic heterocycles. The summed E-state index contributed by atoms with van der Waals surface area (Å²) >= 11 is 1.39. The van der Waals surface area contributed by atoms with Crippen LogP contribution < -0.4 is 0 Å². The lowest BCUT2D eigenvalue weighted by Gasteiger charge is -2.37. The van der Waals surface area contributed by atoms with Crippen LogP contribution in [-0.4, -0.2) is 68.8 Å². The van der Waals surface area contributed by atoms with Gasteiger partial charge in [0.25, 0.3) is 0 Å². The quantitative estimate of drug-likeness (QED) is 0.752. The molecule has 120 valence electrons. The molecule has 3 heterocycles. The Morgan fingerprint density at radius 2 is 2.18 bits per heavy atom. The third kappa shape index (κ3) is 2.71. The number of carbonyl (C=O) groups is 2. The molecular weight excluding hydrogens is 302 g/mol. The van der Waals surface area contributed by atoms with Gasteiger partial charge in [-0.3, -0.25) is 9.59 Å². The molecule has 0 bridgehead atoms. The van der Waals surface area contributed by atoms with Crippen molar-refractivity contribution in [3.63, 3.8) is 0 Å². The van der Waals surface area contributed by atoms with Gasteiger partial charge in [-0.15, -0.1) is 10.2 Å². The maximum absolute atomic E-state index is 12.5. The molecule has 1 atom stereocenters. The van der Waals surface area contributed by atoms with Gasteiger partial charge in [-0.25, -0.2) is 0 Å². The van der Waals surface area contributed by atoms with E-state index in [-0.39, 0.29) is 17.2 Å². The summed E-state index contributed by atoms with van der Waals surface area (Å²) in [5.74, 6) is 0.619. The number of hydrogen-bond donors (Lipinski definition) is 0. The Labute approximate surface area is 134 Å². The Morgan fingerprint density at radius 3 is 2.91 bits per heavy atom. The summed E-state index contributed by atoms with van der Waals surface area (Å²) in [7, 11) is 3.71. The monoisotopic (exact) mass is 323 g/mol. The molecule has 1 aromatic rings. The Morgan fingerprint density at radius 1 is 1.36 bits per heavy atom. The van der Waals surface area contributed by atoms with Gasteiger partial charge in [0, 0.05) is 33.7 Å². The summed E-state index contributed by atoms with van der Waals surface area (Å²) in [6.45, 7) is 2.07. The number of aryl methyl sites for hydroxylation is 1. The van der Waals surface area contributed by atoms with Gasteiger partial charge in [-0.05, 0) is 19.3 Å². The van der Waals surface area contributed by atoms with Crippen molar-refractivity contribution in [1.29, 1.82) is 0 Å². The predicted octanol–water partition coefficient (Wildman–Crippen LogP) is 0.378. The fourth-order valence-corrected chi connectivity index (χ4v) is 4.14. The highest BCUT2D eigenvalue weighted by Crippen LogP contribution is 2.39. The van der Waals surface area contributed by atoms with Gasteiger partial charge < -0.3 is 14.4 Å². The summed E-state index contributed by atoms with van der Waals surface area (Å²) < 4.78 is 1.79. The largest absolute Gasteiger partial charge is 0.345 e. The lowest BCUT2D eigenvalue weighted by molar-refractivity contribution is -0.144. The average molecular weight is 323 g/mol. The number of aromatic nitrogens is 3. The van der Waals surface area contributed by atoms with Crippen molar-refractivity contribution in [1.82, 2.24) is 24.6 Å². The molecule has 0 unspecified atom stereocenters. The van der Waals surface area contributed by atoms with E-state index in [1.54, 1.807) is 10.9 Å². The first-order valence-electron chi connectivity index (χ1n) is 7.52. The van der Waals surface area contributed by atoms with E-state index in [2.05, 4.69) is 10.2 Å². The lowest BCUT2D eigenvalue weighted by Crippen LogP contribution is -2.48. The molecule has 7 nitrogen and oxygen atoms in total. The van der Waals surface area contributed by atoms with Crippen LogP contribution in [0.25, 0.3) is 0 Å². The van der Waals surface area contributed by atoms with Crippen LogP contribution in [0.4, 0.5) is 0 Å². The van der Waals surface area contributed by atoms with Gasteiger partial charge in [0.2, 0.25) is 11.8 Å². The smallest absolute Gasteiger partial charge is 0.233 e. The van der Waals surface area contributed by atoms with Gasteiger partial charge in [0.1, 0.15) is 6.33 Å². The second-order valence-electron chi connectivity index (χ2n) is 6.19. The zero-order valence-corrected chi connectivity index (χ0v) is 13.8. The van der Waals surface area contributed by atoms with E-state index in [4.69, 9.17) is 0 Å². The van der Waals surface area contributed by atoms with Crippen molar-refractivity contribution in [2.45, 2.75) is 24.4 Å². The number of carbonyl (C=O) groups excluding carboxylic acids is 2. The van der Waals surface area contributed by atoms with Crippen LogP contribution in [0.5, 0.6) is 0 Å². The van der Waals surface area contributed by atoms with E-state index in [0.29, 0.717) is 18.8 Å². The van der Waals surface area contributed by atoms with E-state index in [9.17, 15) is 9.59 Å². The second-order valence-corrected chi connectivity index (χ2v) is 7.13. The highest BCUT2D eigenvalue weighted by molar-refractivity contribution is 7.99. The van der Waals surface area contributed by atoms with Gasteiger partial charge in [0.05, 0.1) is 11.2 Å². The Kier molecular flexibility index (Phi) is 4.12. The summed E-state index contributed by atoms with van der Waals surface area (Å²) in [5, 5.41) is 8.50. The number of nitrogens with zero attached hydrogens (tertiary/aromatic N) is 5. The topological polar surface area (TPSA) is 71.3 Å². The molecule has 3 rings (SSSR count). The highest BCUT2D eigenvalue weighted by Gasteiger charge is 2.48. The first-order valence-corrected chi connectivity index (χ1v) is 8.50. The normalized spacial score (nSPS) is 25.3. The number of likely N-dealkylation sites (tertiary alicyclic amines) is 2. The molecule has 0 aliphatic carbocycles. The van der Waals surface area contributed by atoms with Gasteiger partial charge in [-0.2, -0.15) is 0 Å². The molecule has 0 aromatic carbocycles. The zero-order valence-electron chi connectivity index (χ0n) is 13.0. The minimum atomic E-state index is -0.335. The molecular formula is C14H21N5O2S. The number of amides is 2. The Balaban J connectivity index is 1.59. The fourth-order valence-electron chi connectivity index (χ4n) is 3.35. The highest BCUT2D eigenvalue weighted by atomic mass is 32.2. The van der Waals surface area contributed by atoms with Crippen molar-refractivity contribution in [2.24, 2.45) is 12.5 Å². The van der Waals surface area contributed by atoms with Gasteiger partial charge >= 0.3 is 0 Å². The van der Waals surface area contributed by atoms with Crippen molar-refractivity contribution in [3.8, 4) is 0 Å². The summed E-state index contributed by atoms with van der Waals surface area (Å²) in [6, 6.07) is 0. The van der Waals surface area contributed by atoms with Gasteiger partial charge in [-0.1, -0.05) is 11.8 Å². The predicted molar refractivity (Wildman–Crippen MR) is 82.2 cm³/mol.